The van der Waals surface area contributed by atoms with Crippen molar-refractivity contribution in [3.05, 3.63) is 60.6 Å². The van der Waals surface area contributed by atoms with Crippen LogP contribution in [0.3, 0.4) is 0 Å². The number of aromatic nitrogens is 5. The van der Waals surface area contributed by atoms with Crippen molar-refractivity contribution in [2.24, 2.45) is 0 Å². The van der Waals surface area contributed by atoms with Gasteiger partial charge in [0.05, 0.1) is 31.1 Å². The maximum Gasteiger partial charge on any atom is 0.271 e. The van der Waals surface area contributed by atoms with Gasteiger partial charge in [0.25, 0.3) is 5.91 Å². The number of ether oxygens (including phenoxy) is 1. The summed E-state index contributed by atoms with van der Waals surface area (Å²) in [5.74, 6) is -0.634. The number of aliphatic hydroxyl groups excluding tert-OH is 1. The number of hydrogen-bond acceptors (Lipinski definition) is 7. The Kier molecular flexibility index (Phi) is 6.58. The molecule has 162 valence electrons. The fraction of sp³-hybridized carbons (Fsp3) is 0.381. The van der Waals surface area contributed by atoms with E-state index >= 15 is 0 Å². The normalized spacial score (nSPS) is 21.0. The Morgan fingerprint density at radius 1 is 1.26 bits per heavy atom. The Morgan fingerprint density at radius 2 is 2.10 bits per heavy atom. The predicted octanol–water partition coefficient (Wildman–Crippen LogP) is 1.60. The molecule has 0 aliphatic carbocycles. The number of hydrogen-bond donors (Lipinski definition) is 2. The molecule has 9 nitrogen and oxygen atoms in total. The van der Waals surface area contributed by atoms with Crippen LogP contribution in [0, 0.1) is 5.82 Å². The molecule has 31 heavy (non-hydrogen) atoms. The molecule has 0 bridgehead atoms. The number of rotatable bonds is 7. The summed E-state index contributed by atoms with van der Waals surface area (Å²) >= 11 is 0. The molecule has 0 saturated carbocycles. The van der Waals surface area contributed by atoms with E-state index in [-0.39, 0.29) is 36.2 Å². The highest BCUT2D eigenvalue weighted by Gasteiger charge is 2.32. The minimum Gasteiger partial charge on any atom is -0.394 e. The second kappa shape index (κ2) is 9.71. The van der Waals surface area contributed by atoms with Gasteiger partial charge in [-0.1, -0.05) is 5.21 Å². The largest absolute Gasteiger partial charge is 0.394 e. The predicted molar refractivity (Wildman–Crippen MR) is 108 cm³/mol. The average Bonchev–Trinajstić information content (AvgIpc) is 3.28. The molecule has 3 heterocycles. The zero-order valence-electron chi connectivity index (χ0n) is 16.8. The zero-order valence-corrected chi connectivity index (χ0v) is 16.8. The van der Waals surface area contributed by atoms with Crippen molar-refractivity contribution in [1.82, 2.24) is 30.3 Å². The van der Waals surface area contributed by atoms with Gasteiger partial charge in [-0.2, -0.15) is 0 Å². The molecule has 3 atom stereocenters. The molecule has 1 aliphatic rings. The summed E-state index contributed by atoms with van der Waals surface area (Å²) < 4.78 is 20.8. The van der Waals surface area contributed by atoms with Crippen molar-refractivity contribution in [3.8, 4) is 11.3 Å². The number of halogens is 1. The van der Waals surface area contributed by atoms with E-state index in [0.29, 0.717) is 25.1 Å². The van der Waals surface area contributed by atoms with Crippen LogP contribution in [0.1, 0.15) is 29.8 Å². The van der Waals surface area contributed by atoms with Crippen LogP contribution in [0.25, 0.3) is 11.3 Å². The lowest BCUT2D eigenvalue weighted by molar-refractivity contribution is -0.0912. The third-order valence-corrected chi connectivity index (χ3v) is 5.27. The first-order valence-electron chi connectivity index (χ1n) is 10.1. The Morgan fingerprint density at radius 3 is 2.84 bits per heavy atom. The lowest BCUT2D eigenvalue weighted by atomic mass is 9.97. The van der Waals surface area contributed by atoms with Gasteiger partial charge in [0.1, 0.15) is 23.3 Å². The molecule has 1 fully saturated rings. The van der Waals surface area contributed by atoms with Crippen LogP contribution in [-0.4, -0.2) is 60.8 Å². The van der Waals surface area contributed by atoms with Crippen molar-refractivity contribution in [1.29, 1.82) is 0 Å². The van der Waals surface area contributed by atoms with Gasteiger partial charge >= 0.3 is 0 Å². The van der Waals surface area contributed by atoms with Gasteiger partial charge in [-0.3, -0.25) is 14.5 Å². The first kappa shape index (κ1) is 21.0. The van der Waals surface area contributed by atoms with Crippen molar-refractivity contribution >= 4 is 5.91 Å². The SMILES string of the molecule is O=C(N[C@@H]1CC[C@H](CCn2cc(-c3ccc(F)cc3)nn2)O[C@H]1CO)c1cnccn1. The molecule has 2 aromatic heterocycles. The van der Waals surface area contributed by atoms with E-state index in [1.54, 1.807) is 16.8 Å². The molecule has 0 radical (unpaired) electrons. The average molecular weight is 426 g/mol. The molecular weight excluding hydrogens is 403 g/mol. The summed E-state index contributed by atoms with van der Waals surface area (Å²) in [7, 11) is 0. The molecule has 0 spiro atoms. The van der Waals surface area contributed by atoms with E-state index in [9.17, 15) is 14.3 Å². The Hall–Kier alpha value is -3.24. The van der Waals surface area contributed by atoms with Crippen molar-refractivity contribution in [2.75, 3.05) is 6.61 Å². The zero-order chi connectivity index (χ0) is 21.6. The quantitative estimate of drug-likeness (QED) is 0.590. The fourth-order valence-corrected chi connectivity index (χ4v) is 3.60. The van der Waals surface area contributed by atoms with Crippen LogP contribution in [0.5, 0.6) is 0 Å². The summed E-state index contributed by atoms with van der Waals surface area (Å²) in [6.07, 6.45) is 7.70. The first-order chi connectivity index (χ1) is 15.1. The molecule has 1 aromatic carbocycles. The molecule has 1 saturated heterocycles. The van der Waals surface area contributed by atoms with Crippen LogP contribution < -0.4 is 5.32 Å². The molecule has 0 unspecified atom stereocenters. The van der Waals surface area contributed by atoms with Gasteiger partial charge in [0, 0.05) is 24.5 Å². The molecule has 1 aliphatic heterocycles. The fourth-order valence-electron chi connectivity index (χ4n) is 3.60. The molecule has 4 rings (SSSR count). The summed E-state index contributed by atoms with van der Waals surface area (Å²) in [4.78, 5) is 20.2. The maximum absolute atomic E-state index is 13.1. The van der Waals surface area contributed by atoms with Gasteiger partial charge in [-0.15, -0.1) is 5.10 Å². The van der Waals surface area contributed by atoms with Crippen LogP contribution >= 0.6 is 0 Å². The Bertz CT molecular complexity index is 998. The highest BCUT2D eigenvalue weighted by Crippen LogP contribution is 2.23. The standard InChI is InChI=1S/C21H23FN6O3/c22-15-3-1-14(2-4-15)19-12-28(27-26-19)10-7-16-5-6-17(20(13-29)31-16)25-21(30)18-11-23-8-9-24-18/h1-4,8-9,11-12,16-17,20,29H,5-7,10,13H2,(H,25,30)/t16-,17-,20+/m1/s1. The smallest absolute Gasteiger partial charge is 0.271 e. The number of amides is 1. The highest BCUT2D eigenvalue weighted by atomic mass is 19.1. The van der Waals surface area contributed by atoms with E-state index < -0.39 is 6.10 Å². The Labute approximate surface area is 178 Å². The summed E-state index contributed by atoms with van der Waals surface area (Å²) in [6, 6.07) is 5.80. The van der Waals surface area contributed by atoms with Crippen LogP contribution in [0.2, 0.25) is 0 Å². The molecule has 3 aromatic rings. The summed E-state index contributed by atoms with van der Waals surface area (Å²) in [6.45, 7) is 0.396. The number of aliphatic hydroxyl groups is 1. The second-order valence-electron chi connectivity index (χ2n) is 7.39. The van der Waals surface area contributed by atoms with Gasteiger partial charge in [-0.05, 0) is 43.5 Å². The number of carbonyl (C=O) groups is 1. The van der Waals surface area contributed by atoms with E-state index in [4.69, 9.17) is 4.74 Å². The van der Waals surface area contributed by atoms with Gasteiger partial charge < -0.3 is 15.2 Å². The molecule has 10 heteroatoms. The third-order valence-electron chi connectivity index (χ3n) is 5.27. The summed E-state index contributed by atoms with van der Waals surface area (Å²) in [5.41, 5.74) is 1.69. The van der Waals surface area contributed by atoms with Gasteiger partial charge in [-0.25, -0.2) is 9.37 Å². The van der Waals surface area contributed by atoms with Crippen LogP contribution in [0.15, 0.2) is 49.1 Å². The second-order valence-corrected chi connectivity index (χ2v) is 7.39. The van der Waals surface area contributed by atoms with E-state index in [1.165, 1.54) is 30.7 Å². The third kappa shape index (κ3) is 5.28. The number of benzene rings is 1. The number of carbonyl (C=O) groups excluding carboxylic acids is 1. The topological polar surface area (TPSA) is 115 Å². The lowest BCUT2D eigenvalue weighted by Crippen LogP contribution is -2.51. The first-order valence-corrected chi connectivity index (χ1v) is 10.1. The number of nitrogens with zero attached hydrogens (tertiary/aromatic N) is 5. The van der Waals surface area contributed by atoms with Crippen molar-refractivity contribution in [2.45, 2.75) is 44.1 Å². The van der Waals surface area contributed by atoms with Crippen LogP contribution in [0.4, 0.5) is 4.39 Å². The lowest BCUT2D eigenvalue weighted by Gasteiger charge is -2.36. The van der Waals surface area contributed by atoms with E-state index in [1.807, 2.05) is 6.20 Å². The highest BCUT2D eigenvalue weighted by molar-refractivity contribution is 5.92. The Balaban J connectivity index is 1.29. The van der Waals surface area contributed by atoms with Gasteiger partial charge in [0.2, 0.25) is 0 Å². The van der Waals surface area contributed by atoms with Crippen LogP contribution in [-0.2, 0) is 11.3 Å². The minimum atomic E-state index is -0.495. The van der Waals surface area contributed by atoms with Crippen molar-refractivity contribution < 1.29 is 19.0 Å². The van der Waals surface area contributed by atoms with Crippen molar-refractivity contribution in [3.63, 3.8) is 0 Å². The summed E-state index contributed by atoms with van der Waals surface area (Å²) in [5, 5.41) is 20.9. The number of nitrogens with one attached hydrogen (secondary N) is 1. The maximum atomic E-state index is 13.1. The minimum absolute atomic E-state index is 0.0692. The number of aryl methyl sites for hydroxylation is 1. The molecule has 1 amide bonds. The monoisotopic (exact) mass is 426 g/mol. The molecular formula is C21H23FN6O3. The van der Waals surface area contributed by atoms with E-state index in [0.717, 1.165) is 12.0 Å². The van der Waals surface area contributed by atoms with Gasteiger partial charge in [0.15, 0.2) is 0 Å². The molecule has 2 N–H and O–H groups in total. The van der Waals surface area contributed by atoms with E-state index in [2.05, 4.69) is 25.6 Å².